The zero-order chi connectivity index (χ0) is 23.8. The second kappa shape index (κ2) is 8.78. The fraction of sp³-hybridized carbons (Fsp3) is 0.360. The molecule has 172 valence electrons. The summed E-state index contributed by atoms with van der Waals surface area (Å²) < 4.78 is 6.06. The number of amides is 2. The minimum atomic E-state index is -0.807. The molecule has 0 aliphatic heterocycles. The number of hydrogen-bond donors (Lipinski definition) is 3. The summed E-state index contributed by atoms with van der Waals surface area (Å²) in [5.74, 6) is 0.633. The number of aryl methyl sites for hydroxylation is 3. The van der Waals surface area contributed by atoms with E-state index in [2.05, 4.69) is 20.8 Å². The number of aromatic nitrogens is 2. The van der Waals surface area contributed by atoms with Crippen LogP contribution in [0.4, 0.5) is 0 Å². The highest BCUT2D eigenvalue weighted by Gasteiger charge is 2.46. The molecule has 0 saturated carbocycles. The molecule has 1 aliphatic carbocycles. The van der Waals surface area contributed by atoms with Crippen molar-refractivity contribution >= 4 is 11.8 Å². The molecule has 1 aliphatic rings. The van der Waals surface area contributed by atoms with E-state index in [1.54, 1.807) is 21.0 Å². The summed E-state index contributed by atoms with van der Waals surface area (Å²) >= 11 is 0. The largest absolute Gasteiger partial charge is 0.424 e. The molecule has 33 heavy (non-hydrogen) atoms. The summed E-state index contributed by atoms with van der Waals surface area (Å²) in [4.78, 5) is 24.7. The molecule has 8 nitrogen and oxygen atoms in total. The highest BCUT2D eigenvalue weighted by Crippen LogP contribution is 2.47. The van der Waals surface area contributed by atoms with Crippen molar-refractivity contribution in [3.63, 3.8) is 0 Å². The predicted molar refractivity (Wildman–Crippen MR) is 124 cm³/mol. The molecule has 1 atom stereocenters. The molecule has 4 N–H and O–H groups in total. The van der Waals surface area contributed by atoms with E-state index in [0.29, 0.717) is 42.2 Å². The number of carbonyl (C=O) groups is 2. The Morgan fingerprint density at radius 2 is 1.52 bits per heavy atom. The maximum atomic E-state index is 12.4. The number of rotatable bonds is 5. The number of hydrogen-bond acceptors (Lipinski definition) is 6. The molecule has 0 fully saturated rings. The van der Waals surface area contributed by atoms with Crippen LogP contribution in [0.2, 0.25) is 0 Å². The molecule has 0 radical (unpaired) electrons. The van der Waals surface area contributed by atoms with E-state index in [1.165, 1.54) is 0 Å². The van der Waals surface area contributed by atoms with Crippen molar-refractivity contribution in [1.82, 2.24) is 20.8 Å². The van der Waals surface area contributed by atoms with Gasteiger partial charge in [-0.1, -0.05) is 12.1 Å². The van der Waals surface area contributed by atoms with Gasteiger partial charge in [-0.2, -0.15) is 0 Å². The zero-order valence-electron chi connectivity index (χ0n) is 19.4. The van der Waals surface area contributed by atoms with Crippen molar-refractivity contribution in [3.05, 3.63) is 81.6 Å². The van der Waals surface area contributed by atoms with Gasteiger partial charge < -0.3 is 20.8 Å². The van der Waals surface area contributed by atoms with Gasteiger partial charge in [0.15, 0.2) is 0 Å². The number of benzene rings is 2. The van der Waals surface area contributed by atoms with Crippen LogP contribution in [0, 0.1) is 6.92 Å². The fourth-order valence-electron chi connectivity index (χ4n) is 4.91. The fourth-order valence-corrected chi connectivity index (χ4v) is 4.91. The maximum Gasteiger partial charge on any atom is 0.251 e. The Bertz CT molecular complexity index is 1150. The standard InChI is InChI=1S/C25H29N5O3/c1-14(26)13-25(24-30-29-15(2)33-24)20-9-7-18(22(31)27-3)11-16(20)5-6-17-12-19(23(32)28-4)8-10-21(17)25/h7-12,14H,5-6,13,26H2,1-4H3,(H,27,31)(H,28,32)/t14-/m1/s1. The third-order valence-corrected chi connectivity index (χ3v) is 6.29. The van der Waals surface area contributed by atoms with Crippen molar-refractivity contribution in [3.8, 4) is 0 Å². The minimum absolute atomic E-state index is 0.145. The Kier molecular flexibility index (Phi) is 6.03. The molecule has 1 heterocycles. The van der Waals surface area contributed by atoms with Gasteiger partial charge in [0.2, 0.25) is 11.8 Å². The van der Waals surface area contributed by atoms with Gasteiger partial charge in [-0.25, -0.2) is 0 Å². The lowest BCUT2D eigenvalue weighted by molar-refractivity contribution is 0.0955. The predicted octanol–water partition coefficient (Wildman–Crippen LogP) is 2.27. The molecule has 0 saturated heterocycles. The van der Waals surface area contributed by atoms with Gasteiger partial charge in [-0.05, 0) is 72.7 Å². The van der Waals surface area contributed by atoms with Crippen molar-refractivity contribution in [1.29, 1.82) is 0 Å². The first-order valence-electron chi connectivity index (χ1n) is 11.1. The summed E-state index contributed by atoms with van der Waals surface area (Å²) in [5, 5.41) is 14.0. The lowest BCUT2D eigenvalue weighted by Gasteiger charge is -2.35. The number of fused-ring (bicyclic) bond motifs is 2. The zero-order valence-corrected chi connectivity index (χ0v) is 19.4. The third-order valence-electron chi connectivity index (χ3n) is 6.29. The van der Waals surface area contributed by atoms with Crippen LogP contribution in [0.3, 0.4) is 0 Å². The molecule has 0 bridgehead atoms. The second-order valence-corrected chi connectivity index (χ2v) is 8.62. The van der Waals surface area contributed by atoms with Gasteiger partial charge in [0.25, 0.3) is 11.8 Å². The highest BCUT2D eigenvalue weighted by molar-refractivity contribution is 5.95. The van der Waals surface area contributed by atoms with Gasteiger partial charge in [-0.3, -0.25) is 9.59 Å². The van der Waals surface area contributed by atoms with Crippen LogP contribution in [0.5, 0.6) is 0 Å². The van der Waals surface area contributed by atoms with Crippen LogP contribution in [0.1, 0.15) is 68.1 Å². The minimum Gasteiger partial charge on any atom is -0.424 e. The Morgan fingerprint density at radius 3 is 1.91 bits per heavy atom. The number of nitrogens with zero attached hydrogens (tertiary/aromatic N) is 2. The van der Waals surface area contributed by atoms with E-state index in [1.807, 2.05) is 43.3 Å². The molecule has 2 aromatic carbocycles. The first-order valence-corrected chi connectivity index (χ1v) is 11.1. The lowest BCUT2D eigenvalue weighted by Crippen LogP contribution is -2.37. The van der Waals surface area contributed by atoms with Crippen LogP contribution in [0.25, 0.3) is 0 Å². The summed E-state index contributed by atoms with van der Waals surface area (Å²) in [6, 6.07) is 11.3. The average Bonchev–Trinajstić information content (AvgIpc) is 3.21. The van der Waals surface area contributed by atoms with E-state index in [-0.39, 0.29) is 17.9 Å². The van der Waals surface area contributed by atoms with Gasteiger partial charge in [-0.15, -0.1) is 10.2 Å². The molecule has 2 amide bonds. The average molecular weight is 448 g/mol. The first-order chi connectivity index (χ1) is 15.8. The molecule has 0 spiro atoms. The van der Waals surface area contributed by atoms with E-state index < -0.39 is 5.41 Å². The number of carbonyl (C=O) groups excluding carboxylic acids is 2. The SMILES string of the molecule is CNC(=O)c1ccc2c(c1)CCc1cc(C(=O)NC)ccc1C2(C[C@@H](C)N)c1nnc(C)o1. The van der Waals surface area contributed by atoms with Crippen molar-refractivity contribution in [2.45, 2.75) is 44.6 Å². The van der Waals surface area contributed by atoms with Gasteiger partial charge >= 0.3 is 0 Å². The van der Waals surface area contributed by atoms with Crippen molar-refractivity contribution < 1.29 is 14.0 Å². The highest BCUT2D eigenvalue weighted by atomic mass is 16.4. The maximum absolute atomic E-state index is 12.4. The van der Waals surface area contributed by atoms with Crippen LogP contribution >= 0.6 is 0 Å². The molecular weight excluding hydrogens is 418 g/mol. The van der Waals surface area contributed by atoms with Crippen LogP contribution in [-0.4, -0.2) is 42.1 Å². The topological polar surface area (TPSA) is 123 Å². The molecule has 4 rings (SSSR count). The summed E-state index contributed by atoms with van der Waals surface area (Å²) in [6.07, 6.45) is 1.91. The normalized spacial score (nSPS) is 15.1. The number of nitrogens with two attached hydrogens (primary N) is 1. The lowest BCUT2D eigenvalue weighted by atomic mass is 9.68. The van der Waals surface area contributed by atoms with Crippen molar-refractivity contribution in [2.24, 2.45) is 5.73 Å². The smallest absolute Gasteiger partial charge is 0.251 e. The van der Waals surface area contributed by atoms with Crippen LogP contribution < -0.4 is 16.4 Å². The Balaban J connectivity index is 2.04. The molecular formula is C25H29N5O3. The quantitative estimate of drug-likeness (QED) is 0.551. The monoisotopic (exact) mass is 447 g/mol. The first kappa shape index (κ1) is 22.7. The third kappa shape index (κ3) is 3.91. The van der Waals surface area contributed by atoms with Crippen LogP contribution in [-0.2, 0) is 18.3 Å². The summed E-state index contributed by atoms with van der Waals surface area (Å²) in [5.41, 5.74) is 10.8. The molecule has 0 unspecified atom stereocenters. The summed E-state index contributed by atoms with van der Waals surface area (Å²) in [7, 11) is 3.23. The van der Waals surface area contributed by atoms with E-state index in [0.717, 1.165) is 22.3 Å². The van der Waals surface area contributed by atoms with E-state index in [9.17, 15) is 9.59 Å². The van der Waals surface area contributed by atoms with E-state index >= 15 is 0 Å². The second-order valence-electron chi connectivity index (χ2n) is 8.62. The molecule has 1 aromatic heterocycles. The van der Waals surface area contributed by atoms with Gasteiger partial charge in [0.05, 0.1) is 0 Å². The molecule has 3 aromatic rings. The van der Waals surface area contributed by atoms with E-state index in [4.69, 9.17) is 10.2 Å². The number of nitrogens with one attached hydrogen (secondary N) is 2. The van der Waals surface area contributed by atoms with Gasteiger partial charge in [0, 0.05) is 38.2 Å². The summed E-state index contributed by atoms with van der Waals surface area (Å²) in [6.45, 7) is 3.71. The molecule has 8 heteroatoms. The van der Waals surface area contributed by atoms with Crippen LogP contribution in [0.15, 0.2) is 40.8 Å². The Morgan fingerprint density at radius 1 is 1.00 bits per heavy atom. The van der Waals surface area contributed by atoms with Crippen molar-refractivity contribution in [2.75, 3.05) is 14.1 Å². The Labute approximate surface area is 193 Å². The van der Waals surface area contributed by atoms with Gasteiger partial charge in [0.1, 0.15) is 5.41 Å². The Hall–Kier alpha value is -3.52.